The SMILES string of the molecule is C[n+]1[nH]oc(=O)c1SCCC(=O)Nc1ccc(F)c(Cl)c1. The number of carbonyl (C=O) groups is 1. The van der Waals surface area contributed by atoms with Crippen molar-refractivity contribution in [2.75, 3.05) is 11.1 Å². The lowest BCUT2D eigenvalue weighted by molar-refractivity contribution is -0.772. The van der Waals surface area contributed by atoms with Crippen molar-refractivity contribution in [2.24, 2.45) is 7.05 Å². The molecule has 0 fully saturated rings. The highest BCUT2D eigenvalue weighted by Gasteiger charge is 2.18. The maximum absolute atomic E-state index is 13.0. The molecule has 0 atom stereocenters. The van der Waals surface area contributed by atoms with Gasteiger partial charge in [-0.15, -0.1) is 0 Å². The normalized spacial score (nSPS) is 10.6. The maximum Gasteiger partial charge on any atom is 0.441 e. The fourth-order valence-electron chi connectivity index (χ4n) is 1.53. The third-order valence-electron chi connectivity index (χ3n) is 2.53. The lowest BCUT2D eigenvalue weighted by atomic mass is 10.3. The van der Waals surface area contributed by atoms with Gasteiger partial charge in [-0.3, -0.25) is 9.32 Å². The van der Waals surface area contributed by atoms with E-state index in [4.69, 9.17) is 11.6 Å². The Morgan fingerprint density at radius 3 is 2.95 bits per heavy atom. The standard InChI is InChI=1S/C12H11ClFN3O3S/c1-17-11(12(19)20-16-17)21-5-4-10(18)15-7-2-3-9(14)8(13)6-7/h2-3,6H,4-5H2,1H3,(H-,15,16,18,19)/p+1. The first-order valence-electron chi connectivity index (χ1n) is 5.92. The van der Waals surface area contributed by atoms with Gasteiger partial charge < -0.3 is 5.32 Å². The summed E-state index contributed by atoms with van der Waals surface area (Å²) in [7, 11) is 1.63. The number of amides is 1. The summed E-state index contributed by atoms with van der Waals surface area (Å²) in [6, 6.07) is 3.94. The van der Waals surface area contributed by atoms with Crippen molar-refractivity contribution in [3.63, 3.8) is 0 Å². The lowest BCUT2D eigenvalue weighted by Crippen LogP contribution is -2.33. The molecule has 112 valence electrons. The Morgan fingerprint density at radius 2 is 2.33 bits per heavy atom. The first-order valence-corrected chi connectivity index (χ1v) is 7.29. The minimum absolute atomic E-state index is 0.0564. The second-order valence-electron chi connectivity index (χ2n) is 4.12. The number of carbonyl (C=O) groups excluding carboxylic acids is 1. The average molecular weight is 333 g/mol. The first kappa shape index (κ1) is 15.6. The van der Waals surface area contributed by atoms with E-state index in [0.717, 1.165) is 0 Å². The van der Waals surface area contributed by atoms with Crippen LogP contribution in [-0.2, 0) is 11.8 Å². The number of aromatic nitrogens is 2. The Hall–Kier alpha value is -1.80. The van der Waals surface area contributed by atoms with E-state index in [1.54, 1.807) is 7.05 Å². The molecule has 0 unspecified atom stereocenters. The molecule has 9 heteroatoms. The molecule has 0 radical (unpaired) electrons. The zero-order valence-corrected chi connectivity index (χ0v) is 12.6. The molecule has 21 heavy (non-hydrogen) atoms. The number of benzene rings is 1. The number of thioether (sulfide) groups is 1. The molecule has 1 aromatic heterocycles. The number of halogens is 2. The number of aromatic amines is 1. The van der Waals surface area contributed by atoms with Crippen molar-refractivity contribution in [3.8, 4) is 0 Å². The van der Waals surface area contributed by atoms with Crippen LogP contribution in [0.3, 0.4) is 0 Å². The van der Waals surface area contributed by atoms with E-state index < -0.39 is 11.4 Å². The van der Waals surface area contributed by atoms with Gasteiger partial charge in [-0.1, -0.05) is 16.3 Å². The molecule has 0 spiro atoms. The number of hydrogen-bond donors (Lipinski definition) is 2. The van der Waals surface area contributed by atoms with E-state index in [1.807, 2.05) is 0 Å². The zero-order chi connectivity index (χ0) is 15.4. The molecule has 1 aromatic carbocycles. The van der Waals surface area contributed by atoms with Crippen LogP contribution in [-0.4, -0.2) is 16.9 Å². The van der Waals surface area contributed by atoms with Gasteiger partial charge in [0.2, 0.25) is 5.91 Å². The van der Waals surface area contributed by atoms with E-state index >= 15 is 0 Å². The predicted molar refractivity (Wildman–Crippen MR) is 75.9 cm³/mol. The monoisotopic (exact) mass is 332 g/mol. The van der Waals surface area contributed by atoms with Crippen molar-refractivity contribution in [3.05, 3.63) is 39.5 Å². The van der Waals surface area contributed by atoms with Gasteiger partial charge in [-0.25, -0.2) is 9.18 Å². The van der Waals surface area contributed by atoms with Crippen LogP contribution in [0, 0.1) is 5.82 Å². The van der Waals surface area contributed by atoms with Crippen LogP contribution < -0.4 is 15.6 Å². The number of H-pyrrole nitrogens is 1. The molecule has 6 nitrogen and oxygen atoms in total. The third kappa shape index (κ3) is 4.08. The van der Waals surface area contributed by atoms with Crippen molar-refractivity contribution in [2.45, 2.75) is 11.4 Å². The van der Waals surface area contributed by atoms with Gasteiger partial charge in [0.1, 0.15) is 5.82 Å². The Morgan fingerprint density at radius 1 is 1.57 bits per heavy atom. The molecule has 0 aliphatic heterocycles. The predicted octanol–water partition coefficient (Wildman–Crippen LogP) is 1.71. The summed E-state index contributed by atoms with van der Waals surface area (Å²) in [5.41, 5.74) is -0.0589. The highest BCUT2D eigenvalue weighted by molar-refractivity contribution is 7.99. The highest BCUT2D eigenvalue weighted by Crippen LogP contribution is 2.19. The summed E-state index contributed by atoms with van der Waals surface area (Å²) in [5.74, 6) is -0.401. The summed E-state index contributed by atoms with van der Waals surface area (Å²) in [5, 5.41) is 5.31. The third-order valence-corrected chi connectivity index (χ3v) is 3.94. The molecule has 2 aromatic rings. The molecule has 2 N–H and O–H groups in total. The molecule has 2 rings (SSSR count). The van der Waals surface area contributed by atoms with Gasteiger partial charge in [0.15, 0.2) is 7.05 Å². The molecule has 0 saturated heterocycles. The summed E-state index contributed by atoms with van der Waals surface area (Å²) in [6.45, 7) is 0. The molecular formula is C12H12ClFN3O3S+. The number of hydrogen-bond acceptors (Lipinski definition) is 4. The Kier molecular flexibility index (Phi) is 5.03. The van der Waals surface area contributed by atoms with Gasteiger partial charge in [0, 0.05) is 17.9 Å². The first-order chi connectivity index (χ1) is 9.97. The molecular weight excluding hydrogens is 321 g/mol. The second-order valence-corrected chi connectivity index (χ2v) is 5.61. The van der Waals surface area contributed by atoms with E-state index in [9.17, 15) is 14.0 Å². The van der Waals surface area contributed by atoms with Crippen LogP contribution in [0.2, 0.25) is 5.02 Å². The summed E-state index contributed by atoms with van der Waals surface area (Å²) in [6.07, 6.45) is 0.185. The van der Waals surface area contributed by atoms with Gasteiger partial charge in [-0.05, 0) is 35.2 Å². The Labute approximate surface area is 128 Å². The van der Waals surface area contributed by atoms with E-state index in [1.165, 1.54) is 34.6 Å². The Bertz CT molecular complexity index is 716. The van der Waals surface area contributed by atoms with E-state index in [2.05, 4.69) is 15.1 Å². The fraction of sp³-hybridized carbons (Fsp3) is 0.250. The molecule has 0 aliphatic rings. The van der Waals surface area contributed by atoms with Crippen LogP contribution >= 0.6 is 23.4 Å². The number of nitrogens with zero attached hydrogens (tertiary/aromatic N) is 1. The molecule has 0 saturated carbocycles. The van der Waals surface area contributed by atoms with Crippen molar-refractivity contribution >= 4 is 35.0 Å². The minimum Gasteiger partial charge on any atom is -0.326 e. The topological polar surface area (TPSA) is 79.0 Å². The van der Waals surface area contributed by atoms with Gasteiger partial charge in [0.25, 0.3) is 0 Å². The summed E-state index contributed by atoms with van der Waals surface area (Å²) >= 11 is 6.83. The van der Waals surface area contributed by atoms with Crippen molar-refractivity contribution in [1.29, 1.82) is 0 Å². The number of aryl methyl sites for hydroxylation is 1. The van der Waals surface area contributed by atoms with E-state index in [-0.39, 0.29) is 17.4 Å². The van der Waals surface area contributed by atoms with Gasteiger partial charge >= 0.3 is 10.7 Å². The smallest absolute Gasteiger partial charge is 0.326 e. The molecule has 1 heterocycles. The largest absolute Gasteiger partial charge is 0.441 e. The number of anilines is 1. The molecule has 0 bridgehead atoms. The Balaban J connectivity index is 1.85. The van der Waals surface area contributed by atoms with Crippen molar-refractivity contribution in [1.82, 2.24) is 5.27 Å². The zero-order valence-electron chi connectivity index (χ0n) is 11.0. The van der Waals surface area contributed by atoms with Crippen LogP contribution in [0.1, 0.15) is 6.42 Å². The highest BCUT2D eigenvalue weighted by atomic mass is 35.5. The summed E-state index contributed by atoms with van der Waals surface area (Å²) in [4.78, 5) is 23.0. The molecule has 1 amide bonds. The summed E-state index contributed by atoms with van der Waals surface area (Å²) < 4.78 is 19.0. The van der Waals surface area contributed by atoms with Gasteiger partial charge in [-0.2, -0.15) is 0 Å². The van der Waals surface area contributed by atoms with Crippen LogP contribution in [0.4, 0.5) is 10.1 Å². The van der Waals surface area contributed by atoms with Crippen molar-refractivity contribution < 1.29 is 18.4 Å². The van der Waals surface area contributed by atoms with Gasteiger partial charge in [0.05, 0.1) is 5.02 Å². The van der Waals surface area contributed by atoms with Crippen LogP contribution in [0.15, 0.2) is 32.5 Å². The lowest BCUT2D eigenvalue weighted by Gasteiger charge is -2.05. The number of rotatable bonds is 5. The van der Waals surface area contributed by atoms with E-state index in [0.29, 0.717) is 16.5 Å². The van der Waals surface area contributed by atoms with Crippen LogP contribution in [0.5, 0.6) is 0 Å². The average Bonchev–Trinajstić information content (AvgIpc) is 2.74. The second kappa shape index (κ2) is 6.77. The maximum atomic E-state index is 13.0. The number of nitrogens with one attached hydrogen (secondary N) is 2. The van der Waals surface area contributed by atoms with Crippen LogP contribution in [0.25, 0.3) is 0 Å². The quantitative estimate of drug-likeness (QED) is 0.645. The fourth-order valence-corrected chi connectivity index (χ4v) is 2.58. The minimum atomic E-state index is -0.545. The molecule has 0 aliphatic carbocycles.